The third-order valence-corrected chi connectivity index (χ3v) is 5.39. The quantitative estimate of drug-likeness (QED) is 0.770. The van der Waals surface area contributed by atoms with E-state index >= 15 is 0 Å². The number of carbonyl (C=O) groups is 1. The zero-order chi connectivity index (χ0) is 21.4. The summed E-state index contributed by atoms with van der Waals surface area (Å²) in [7, 11) is 0. The maximum absolute atomic E-state index is 12.7. The van der Waals surface area contributed by atoms with Crippen LogP contribution in [0.2, 0.25) is 0 Å². The van der Waals surface area contributed by atoms with Gasteiger partial charge in [-0.3, -0.25) is 0 Å². The molecule has 8 heteroatoms. The molecule has 2 saturated heterocycles. The van der Waals surface area contributed by atoms with Gasteiger partial charge in [0.15, 0.2) is 0 Å². The first-order chi connectivity index (χ1) is 13.3. The van der Waals surface area contributed by atoms with E-state index in [0.29, 0.717) is 19.3 Å². The highest BCUT2D eigenvalue weighted by molar-refractivity contribution is 5.69. The molecule has 2 aliphatic heterocycles. The van der Waals surface area contributed by atoms with Crippen LogP contribution in [-0.4, -0.2) is 45.7 Å². The molecule has 0 spiro atoms. The van der Waals surface area contributed by atoms with Crippen LogP contribution in [0.15, 0.2) is 24.3 Å². The van der Waals surface area contributed by atoms with Gasteiger partial charge in [0.1, 0.15) is 11.4 Å². The van der Waals surface area contributed by atoms with E-state index < -0.39 is 17.6 Å². The molecule has 0 saturated carbocycles. The number of halogens is 3. The van der Waals surface area contributed by atoms with Crippen LogP contribution in [-0.2, 0) is 11.2 Å². The van der Waals surface area contributed by atoms with Gasteiger partial charge in [-0.05, 0) is 70.6 Å². The first-order valence-electron chi connectivity index (χ1n) is 9.92. The predicted molar refractivity (Wildman–Crippen MR) is 101 cm³/mol. The highest BCUT2D eigenvalue weighted by atomic mass is 19.4. The topological polar surface area (TPSA) is 59.0 Å². The van der Waals surface area contributed by atoms with Crippen molar-refractivity contribution in [3.8, 4) is 5.75 Å². The Morgan fingerprint density at radius 3 is 2.17 bits per heavy atom. The zero-order valence-electron chi connectivity index (χ0n) is 17.0. The summed E-state index contributed by atoms with van der Waals surface area (Å²) in [4.78, 5) is 14.4. The Kier molecular flexibility index (Phi) is 5.77. The fraction of sp³-hybridized carbons (Fsp3) is 0.667. The van der Waals surface area contributed by atoms with Crippen molar-refractivity contribution >= 4 is 6.09 Å². The van der Waals surface area contributed by atoms with Crippen LogP contribution < -0.4 is 4.74 Å². The number of hydrogen-bond acceptors (Lipinski definition) is 4. The molecule has 162 valence electrons. The number of amides is 1. The van der Waals surface area contributed by atoms with E-state index in [2.05, 4.69) is 4.74 Å². The molecule has 2 heterocycles. The summed E-state index contributed by atoms with van der Waals surface area (Å²) in [6.45, 7) is 5.48. The van der Waals surface area contributed by atoms with Gasteiger partial charge in [0.2, 0.25) is 0 Å². The van der Waals surface area contributed by atoms with E-state index in [0.717, 1.165) is 24.8 Å². The minimum atomic E-state index is -4.73. The average molecular weight is 415 g/mol. The first kappa shape index (κ1) is 21.7. The van der Waals surface area contributed by atoms with E-state index in [1.807, 2.05) is 20.8 Å². The fourth-order valence-electron chi connectivity index (χ4n) is 4.47. The second-order valence-corrected chi connectivity index (χ2v) is 9.13. The van der Waals surface area contributed by atoms with Gasteiger partial charge >= 0.3 is 12.5 Å². The SMILES string of the molecule is CC(C)(C)OC(=O)N1C2CCCC1CC(O)(Cc1ccc(OC(F)(F)F)cc1)C2. The maximum Gasteiger partial charge on any atom is 0.573 e. The molecule has 2 atom stereocenters. The van der Waals surface area contributed by atoms with Crippen LogP contribution in [0.4, 0.5) is 18.0 Å². The largest absolute Gasteiger partial charge is 0.573 e. The Bertz CT molecular complexity index is 713. The summed E-state index contributed by atoms with van der Waals surface area (Å²) in [6, 6.07) is 5.38. The van der Waals surface area contributed by atoms with Crippen LogP contribution in [0.1, 0.15) is 58.4 Å². The molecule has 1 aromatic carbocycles. The number of rotatable bonds is 3. The van der Waals surface area contributed by atoms with Crippen LogP contribution in [0.5, 0.6) is 5.75 Å². The molecule has 0 radical (unpaired) electrons. The van der Waals surface area contributed by atoms with Crippen molar-refractivity contribution in [1.82, 2.24) is 4.90 Å². The maximum atomic E-state index is 12.7. The Balaban J connectivity index is 1.68. The summed E-state index contributed by atoms with van der Waals surface area (Å²) in [5.74, 6) is -0.287. The number of alkyl halides is 3. The lowest BCUT2D eigenvalue weighted by Crippen LogP contribution is -2.61. The van der Waals surface area contributed by atoms with Crippen LogP contribution in [0.3, 0.4) is 0 Å². The van der Waals surface area contributed by atoms with Crippen molar-refractivity contribution in [1.29, 1.82) is 0 Å². The van der Waals surface area contributed by atoms with E-state index in [9.17, 15) is 23.1 Å². The molecule has 1 aromatic rings. The van der Waals surface area contributed by atoms with Gasteiger partial charge in [-0.25, -0.2) is 4.79 Å². The van der Waals surface area contributed by atoms with Crippen molar-refractivity contribution < 1.29 is 32.5 Å². The Hall–Kier alpha value is -1.96. The highest BCUT2D eigenvalue weighted by Crippen LogP contribution is 2.41. The fourth-order valence-corrected chi connectivity index (χ4v) is 4.47. The number of benzene rings is 1. The first-order valence-corrected chi connectivity index (χ1v) is 9.92. The molecule has 3 rings (SSSR count). The van der Waals surface area contributed by atoms with E-state index in [-0.39, 0.29) is 23.9 Å². The van der Waals surface area contributed by atoms with Crippen molar-refractivity contribution in [3.63, 3.8) is 0 Å². The molecule has 0 aromatic heterocycles. The summed E-state index contributed by atoms with van der Waals surface area (Å²) < 4.78 is 46.4. The zero-order valence-corrected chi connectivity index (χ0v) is 17.0. The molecule has 5 nitrogen and oxygen atoms in total. The molecule has 2 unspecified atom stereocenters. The average Bonchev–Trinajstić information content (AvgIpc) is 2.52. The number of nitrogens with zero attached hydrogens (tertiary/aromatic N) is 1. The van der Waals surface area contributed by atoms with Gasteiger partial charge in [0.25, 0.3) is 0 Å². The lowest BCUT2D eigenvalue weighted by atomic mass is 9.73. The van der Waals surface area contributed by atoms with Crippen molar-refractivity contribution in [2.24, 2.45) is 0 Å². The Morgan fingerprint density at radius 2 is 1.69 bits per heavy atom. The monoisotopic (exact) mass is 415 g/mol. The Morgan fingerprint density at radius 1 is 1.14 bits per heavy atom. The summed E-state index contributed by atoms with van der Waals surface area (Å²) >= 11 is 0. The van der Waals surface area contributed by atoms with E-state index in [1.165, 1.54) is 24.3 Å². The molecule has 29 heavy (non-hydrogen) atoms. The van der Waals surface area contributed by atoms with Gasteiger partial charge in [-0.2, -0.15) is 0 Å². The number of fused-ring (bicyclic) bond motifs is 2. The molecule has 2 fully saturated rings. The molecule has 2 bridgehead atoms. The standard InChI is InChI=1S/C21H28F3NO4/c1-19(2,3)29-18(26)25-15-5-4-6-16(25)13-20(27,12-15)11-14-7-9-17(10-8-14)28-21(22,23)24/h7-10,15-16,27H,4-6,11-13H2,1-3H3. The molecular weight excluding hydrogens is 387 g/mol. The highest BCUT2D eigenvalue weighted by Gasteiger charge is 2.48. The number of hydrogen-bond donors (Lipinski definition) is 1. The lowest BCUT2D eigenvalue weighted by Gasteiger charge is -2.51. The van der Waals surface area contributed by atoms with Gasteiger partial charge in [-0.15, -0.1) is 13.2 Å². The number of piperidine rings is 2. The van der Waals surface area contributed by atoms with Crippen LogP contribution >= 0.6 is 0 Å². The summed E-state index contributed by atoms with van der Waals surface area (Å²) in [5, 5.41) is 11.2. The van der Waals surface area contributed by atoms with E-state index in [4.69, 9.17) is 4.74 Å². The molecule has 1 amide bonds. The van der Waals surface area contributed by atoms with Crippen LogP contribution in [0, 0.1) is 0 Å². The number of aliphatic hydroxyl groups is 1. The molecule has 2 aliphatic rings. The van der Waals surface area contributed by atoms with Gasteiger partial charge < -0.3 is 19.5 Å². The van der Waals surface area contributed by atoms with Gasteiger partial charge in [0.05, 0.1) is 5.60 Å². The second-order valence-electron chi connectivity index (χ2n) is 9.13. The van der Waals surface area contributed by atoms with Crippen molar-refractivity contribution in [2.45, 2.75) is 88.9 Å². The molecule has 0 aliphatic carbocycles. The minimum absolute atomic E-state index is 0.102. The molecular formula is C21H28F3NO4. The van der Waals surface area contributed by atoms with E-state index in [1.54, 1.807) is 4.90 Å². The van der Waals surface area contributed by atoms with Gasteiger partial charge in [-0.1, -0.05) is 12.1 Å². The predicted octanol–water partition coefficient (Wildman–Crippen LogP) is 4.81. The smallest absolute Gasteiger partial charge is 0.444 e. The number of ether oxygens (including phenoxy) is 2. The Labute approximate surface area is 168 Å². The third kappa shape index (κ3) is 5.78. The van der Waals surface area contributed by atoms with Crippen molar-refractivity contribution in [3.05, 3.63) is 29.8 Å². The summed E-state index contributed by atoms with van der Waals surface area (Å²) in [6.07, 6.45) is -1.32. The lowest BCUT2D eigenvalue weighted by molar-refractivity contribution is -0.274. The minimum Gasteiger partial charge on any atom is -0.444 e. The van der Waals surface area contributed by atoms with Crippen molar-refractivity contribution in [2.75, 3.05) is 0 Å². The summed E-state index contributed by atoms with van der Waals surface area (Å²) in [5.41, 5.74) is -0.870. The third-order valence-electron chi connectivity index (χ3n) is 5.39. The van der Waals surface area contributed by atoms with Gasteiger partial charge in [0, 0.05) is 18.5 Å². The normalized spacial score (nSPS) is 27.5. The second kappa shape index (κ2) is 7.70. The molecule has 1 N–H and O–H groups in total. The van der Waals surface area contributed by atoms with Crippen LogP contribution in [0.25, 0.3) is 0 Å². The number of carbonyl (C=O) groups excluding carboxylic acids is 1.